The third-order valence-electron chi connectivity index (χ3n) is 4.37. The summed E-state index contributed by atoms with van der Waals surface area (Å²) in [6, 6.07) is 14.2. The smallest absolute Gasteiger partial charge is 0.286 e. The summed E-state index contributed by atoms with van der Waals surface area (Å²) in [4.78, 5) is 10.2. The van der Waals surface area contributed by atoms with Crippen molar-refractivity contribution in [2.24, 2.45) is 0 Å². The standard InChI is InChI=1S/C19H17N3O4S/c1-2-17(27(23,24)25)22-14-8-3-4-9-15(14)26-16-10-5-7-13(18(16)22)19-20-11-6-12-21-19/h3-12,17H,2H2,1H3,(H,23,24,25). The van der Waals surface area contributed by atoms with Gasteiger partial charge in [0.1, 0.15) is 0 Å². The number of fused-ring (bicyclic) bond motifs is 2. The van der Waals surface area contributed by atoms with E-state index >= 15 is 0 Å². The minimum absolute atomic E-state index is 0.177. The van der Waals surface area contributed by atoms with Crippen molar-refractivity contribution in [2.45, 2.75) is 18.7 Å². The van der Waals surface area contributed by atoms with Gasteiger partial charge in [-0.05, 0) is 36.8 Å². The fourth-order valence-electron chi connectivity index (χ4n) is 3.28. The molecule has 138 valence electrons. The summed E-state index contributed by atoms with van der Waals surface area (Å²) in [6.45, 7) is 1.71. The van der Waals surface area contributed by atoms with Crippen molar-refractivity contribution in [1.82, 2.24) is 9.97 Å². The Hall–Kier alpha value is -2.97. The van der Waals surface area contributed by atoms with Gasteiger partial charge in [-0.2, -0.15) is 8.42 Å². The van der Waals surface area contributed by atoms with Crippen molar-refractivity contribution in [3.05, 3.63) is 60.9 Å². The first kappa shape index (κ1) is 17.4. The largest absolute Gasteiger partial charge is 0.453 e. The summed E-state index contributed by atoms with van der Waals surface area (Å²) in [7, 11) is -4.37. The molecule has 0 aliphatic carbocycles. The predicted molar refractivity (Wildman–Crippen MR) is 102 cm³/mol. The lowest BCUT2D eigenvalue weighted by molar-refractivity contribution is 0.452. The van der Waals surface area contributed by atoms with Crippen LogP contribution in [0.25, 0.3) is 11.4 Å². The Balaban J connectivity index is 2.02. The number of aromatic nitrogens is 2. The van der Waals surface area contributed by atoms with Gasteiger partial charge in [0.05, 0.1) is 11.4 Å². The van der Waals surface area contributed by atoms with E-state index in [0.717, 1.165) is 0 Å². The molecule has 4 rings (SSSR count). The molecule has 2 heterocycles. The maximum atomic E-state index is 12.2. The van der Waals surface area contributed by atoms with Crippen LogP contribution in [0.1, 0.15) is 13.3 Å². The van der Waals surface area contributed by atoms with Crippen LogP contribution in [-0.2, 0) is 10.1 Å². The van der Waals surface area contributed by atoms with Crippen LogP contribution in [-0.4, -0.2) is 28.3 Å². The third kappa shape index (κ3) is 3.02. The van der Waals surface area contributed by atoms with Crippen LogP contribution in [0.3, 0.4) is 0 Å². The SMILES string of the molecule is CCC(N1c2ccccc2Oc2cccc(-c3ncccn3)c21)S(=O)(=O)O. The number of anilines is 2. The maximum absolute atomic E-state index is 12.2. The van der Waals surface area contributed by atoms with Gasteiger partial charge in [0.15, 0.2) is 22.7 Å². The highest BCUT2D eigenvalue weighted by molar-refractivity contribution is 7.86. The number of ether oxygens (including phenoxy) is 1. The summed E-state index contributed by atoms with van der Waals surface area (Å²) < 4.78 is 40.2. The molecule has 1 atom stereocenters. The lowest BCUT2D eigenvalue weighted by Crippen LogP contribution is -2.39. The van der Waals surface area contributed by atoms with E-state index in [9.17, 15) is 13.0 Å². The molecule has 0 radical (unpaired) electrons. The molecule has 0 spiro atoms. The zero-order valence-corrected chi connectivity index (χ0v) is 15.3. The molecule has 0 saturated carbocycles. The molecule has 1 aliphatic heterocycles. The average Bonchev–Trinajstić information content (AvgIpc) is 2.67. The highest BCUT2D eigenvalue weighted by Crippen LogP contribution is 2.51. The fourth-order valence-corrected chi connectivity index (χ4v) is 4.19. The van der Waals surface area contributed by atoms with Crippen LogP contribution >= 0.6 is 0 Å². The van der Waals surface area contributed by atoms with Crippen molar-refractivity contribution in [3.8, 4) is 22.9 Å². The second-order valence-corrected chi connectivity index (χ2v) is 7.62. The quantitative estimate of drug-likeness (QED) is 0.680. The molecule has 0 amide bonds. The molecule has 1 aromatic heterocycles. The molecule has 8 heteroatoms. The summed E-state index contributed by atoms with van der Waals surface area (Å²) in [5.41, 5.74) is 1.68. The Morgan fingerprint density at radius 3 is 2.44 bits per heavy atom. The van der Waals surface area contributed by atoms with Crippen LogP contribution in [0, 0.1) is 0 Å². The second-order valence-electron chi connectivity index (χ2n) is 6.04. The van der Waals surface area contributed by atoms with Gasteiger partial charge in [-0.15, -0.1) is 0 Å². The van der Waals surface area contributed by atoms with Crippen molar-refractivity contribution in [3.63, 3.8) is 0 Å². The zero-order valence-electron chi connectivity index (χ0n) is 14.5. The molecule has 1 unspecified atom stereocenters. The van der Waals surface area contributed by atoms with E-state index in [1.807, 2.05) is 0 Å². The maximum Gasteiger partial charge on any atom is 0.286 e. The number of hydrogen-bond donors (Lipinski definition) is 1. The molecular formula is C19H17N3O4S. The normalized spacial score (nSPS) is 14.1. The van der Waals surface area contributed by atoms with Crippen LogP contribution in [0.15, 0.2) is 60.9 Å². The van der Waals surface area contributed by atoms with E-state index in [1.165, 1.54) is 0 Å². The first-order chi connectivity index (χ1) is 13.0. The molecule has 27 heavy (non-hydrogen) atoms. The lowest BCUT2D eigenvalue weighted by Gasteiger charge is -2.37. The van der Waals surface area contributed by atoms with Gasteiger partial charge < -0.3 is 9.64 Å². The van der Waals surface area contributed by atoms with Gasteiger partial charge in [0.2, 0.25) is 0 Å². The molecule has 2 aromatic carbocycles. The van der Waals surface area contributed by atoms with Gasteiger partial charge in [0, 0.05) is 18.0 Å². The summed E-state index contributed by atoms with van der Waals surface area (Å²) in [5.74, 6) is 1.42. The number of hydrogen-bond acceptors (Lipinski definition) is 6. The predicted octanol–water partition coefficient (Wildman–Crippen LogP) is 4.01. The minimum atomic E-state index is -4.37. The molecule has 3 aromatic rings. The first-order valence-electron chi connectivity index (χ1n) is 8.43. The average molecular weight is 383 g/mol. The highest BCUT2D eigenvalue weighted by atomic mass is 32.2. The number of para-hydroxylation sites is 3. The van der Waals surface area contributed by atoms with Gasteiger partial charge in [0.25, 0.3) is 10.1 Å². The van der Waals surface area contributed by atoms with Crippen LogP contribution in [0.5, 0.6) is 11.5 Å². The minimum Gasteiger partial charge on any atom is -0.453 e. The molecule has 0 saturated heterocycles. The Bertz CT molecular complexity index is 1090. The first-order valence-corrected chi connectivity index (χ1v) is 9.94. The molecule has 0 bridgehead atoms. The van der Waals surface area contributed by atoms with E-state index in [4.69, 9.17) is 4.74 Å². The zero-order chi connectivity index (χ0) is 19.0. The van der Waals surface area contributed by atoms with Crippen molar-refractivity contribution in [1.29, 1.82) is 0 Å². The molecule has 0 fully saturated rings. The topological polar surface area (TPSA) is 92.6 Å². The van der Waals surface area contributed by atoms with E-state index < -0.39 is 15.5 Å². The Morgan fingerprint density at radius 1 is 1.04 bits per heavy atom. The summed E-state index contributed by atoms with van der Waals surface area (Å²) >= 11 is 0. The van der Waals surface area contributed by atoms with Crippen molar-refractivity contribution >= 4 is 21.5 Å². The monoisotopic (exact) mass is 383 g/mol. The van der Waals surface area contributed by atoms with E-state index in [1.54, 1.807) is 72.7 Å². The van der Waals surface area contributed by atoms with Crippen LogP contribution in [0.4, 0.5) is 11.4 Å². The third-order valence-corrected chi connectivity index (χ3v) is 5.60. The Morgan fingerprint density at radius 2 is 1.74 bits per heavy atom. The van der Waals surface area contributed by atoms with Crippen molar-refractivity contribution < 1.29 is 17.7 Å². The number of benzene rings is 2. The van der Waals surface area contributed by atoms with Crippen LogP contribution < -0.4 is 9.64 Å². The van der Waals surface area contributed by atoms with Gasteiger partial charge in [-0.1, -0.05) is 25.1 Å². The van der Waals surface area contributed by atoms with E-state index in [2.05, 4.69) is 9.97 Å². The molecule has 1 aliphatic rings. The second kappa shape index (κ2) is 6.64. The molecular weight excluding hydrogens is 366 g/mol. The molecule has 1 N–H and O–H groups in total. The van der Waals surface area contributed by atoms with E-state index in [-0.39, 0.29) is 6.42 Å². The number of rotatable bonds is 4. The van der Waals surface area contributed by atoms with Gasteiger partial charge in [-0.25, -0.2) is 9.97 Å². The Labute approximate surface area is 157 Å². The van der Waals surface area contributed by atoms with E-state index in [0.29, 0.717) is 34.3 Å². The van der Waals surface area contributed by atoms with Gasteiger partial charge in [-0.3, -0.25) is 4.55 Å². The van der Waals surface area contributed by atoms with Crippen LogP contribution in [0.2, 0.25) is 0 Å². The fraction of sp³-hybridized carbons (Fsp3) is 0.158. The summed E-state index contributed by atoms with van der Waals surface area (Å²) in [6.07, 6.45) is 3.41. The Kier molecular flexibility index (Phi) is 4.29. The van der Waals surface area contributed by atoms with Gasteiger partial charge >= 0.3 is 0 Å². The highest BCUT2D eigenvalue weighted by Gasteiger charge is 2.37. The summed E-state index contributed by atoms with van der Waals surface area (Å²) in [5, 5.41) is -1.17. The molecule has 7 nitrogen and oxygen atoms in total. The van der Waals surface area contributed by atoms with Crippen molar-refractivity contribution in [2.75, 3.05) is 4.90 Å². The lowest BCUT2D eigenvalue weighted by atomic mass is 10.1. The number of nitrogens with zero attached hydrogens (tertiary/aromatic N) is 3.